The Kier molecular flexibility index (Phi) is 6.33. The molecule has 0 spiro atoms. The molecule has 0 aromatic heterocycles. The fraction of sp³-hybridized carbons (Fsp3) is 0.417. The molecule has 6 heteroatoms. The van der Waals surface area contributed by atoms with Gasteiger partial charge >= 0.3 is 0 Å². The van der Waals surface area contributed by atoms with Crippen LogP contribution in [0.1, 0.15) is 39.1 Å². The molecular weight excluding hydrogens is 380 g/mol. The quantitative estimate of drug-likeness (QED) is 0.763. The summed E-state index contributed by atoms with van der Waals surface area (Å²) in [5.74, 6) is 0.801. The summed E-state index contributed by atoms with van der Waals surface area (Å²) in [6.45, 7) is 5.64. The van der Waals surface area contributed by atoms with Gasteiger partial charge in [0.05, 0.1) is 19.3 Å². The van der Waals surface area contributed by atoms with Crippen LogP contribution in [0.5, 0.6) is 5.75 Å². The Morgan fingerprint density at radius 2 is 1.77 bits per heavy atom. The summed E-state index contributed by atoms with van der Waals surface area (Å²) >= 11 is 0. The lowest BCUT2D eigenvalue weighted by Crippen LogP contribution is -2.40. The molecule has 0 N–H and O–H groups in total. The molecule has 30 heavy (non-hydrogen) atoms. The van der Waals surface area contributed by atoms with Crippen LogP contribution in [-0.2, 0) is 4.74 Å². The van der Waals surface area contributed by atoms with Gasteiger partial charge in [-0.3, -0.25) is 9.59 Å². The monoisotopic (exact) mass is 408 g/mol. The van der Waals surface area contributed by atoms with Gasteiger partial charge in [0.1, 0.15) is 12.4 Å². The van der Waals surface area contributed by atoms with Crippen molar-refractivity contribution >= 4 is 11.8 Å². The van der Waals surface area contributed by atoms with Crippen molar-refractivity contribution in [3.8, 4) is 5.75 Å². The van der Waals surface area contributed by atoms with E-state index >= 15 is 0 Å². The van der Waals surface area contributed by atoms with Crippen molar-refractivity contribution in [2.45, 2.75) is 25.8 Å². The topological polar surface area (TPSA) is 59.1 Å². The number of nitrogens with zero attached hydrogens (tertiary/aromatic N) is 2. The van der Waals surface area contributed by atoms with Crippen LogP contribution in [0.3, 0.4) is 0 Å². The van der Waals surface area contributed by atoms with Gasteiger partial charge in [-0.15, -0.1) is 0 Å². The van der Waals surface area contributed by atoms with E-state index in [-0.39, 0.29) is 17.9 Å². The molecule has 158 valence electrons. The van der Waals surface area contributed by atoms with E-state index in [0.29, 0.717) is 44.2 Å². The number of hydrogen-bond acceptors (Lipinski definition) is 4. The molecule has 0 bridgehead atoms. The lowest BCUT2D eigenvalue weighted by Gasteiger charge is -2.27. The van der Waals surface area contributed by atoms with Crippen molar-refractivity contribution in [3.63, 3.8) is 0 Å². The van der Waals surface area contributed by atoms with Crippen molar-refractivity contribution < 1.29 is 19.1 Å². The van der Waals surface area contributed by atoms with E-state index in [1.54, 1.807) is 12.1 Å². The van der Waals surface area contributed by atoms with Crippen LogP contribution >= 0.6 is 0 Å². The number of ether oxygens (including phenoxy) is 2. The molecule has 0 aliphatic carbocycles. The highest BCUT2D eigenvalue weighted by Crippen LogP contribution is 2.22. The maximum absolute atomic E-state index is 12.9. The molecule has 6 nitrogen and oxygen atoms in total. The van der Waals surface area contributed by atoms with E-state index in [1.807, 2.05) is 53.1 Å². The number of benzene rings is 2. The lowest BCUT2D eigenvalue weighted by molar-refractivity contribution is 0.0303. The summed E-state index contributed by atoms with van der Waals surface area (Å²) < 4.78 is 11.3. The first-order chi connectivity index (χ1) is 14.6. The summed E-state index contributed by atoms with van der Waals surface area (Å²) in [6, 6.07) is 15.0. The zero-order chi connectivity index (χ0) is 20.9. The van der Waals surface area contributed by atoms with Crippen molar-refractivity contribution in [3.05, 3.63) is 65.2 Å². The molecule has 2 amide bonds. The minimum Gasteiger partial charge on any atom is -0.491 e. The largest absolute Gasteiger partial charge is 0.491 e. The van der Waals surface area contributed by atoms with E-state index in [4.69, 9.17) is 9.47 Å². The minimum atomic E-state index is 0.0237. The van der Waals surface area contributed by atoms with E-state index in [9.17, 15) is 9.59 Å². The first-order valence-corrected chi connectivity index (χ1v) is 10.6. The lowest BCUT2D eigenvalue weighted by atomic mass is 10.1. The van der Waals surface area contributed by atoms with Crippen LogP contribution in [0.15, 0.2) is 48.5 Å². The molecule has 1 unspecified atom stereocenters. The fourth-order valence-corrected chi connectivity index (χ4v) is 4.06. The maximum Gasteiger partial charge on any atom is 0.254 e. The molecule has 4 rings (SSSR count). The normalized spacial score (nSPS) is 19.0. The molecule has 2 heterocycles. The Labute approximate surface area is 177 Å². The first kappa shape index (κ1) is 20.4. The second-order valence-electron chi connectivity index (χ2n) is 7.90. The van der Waals surface area contributed by atoms with E-state index < -0.39 is 0 Å². The van der Waals surface area contributed by atoms with Gasteiger partial charge in [-0.05, 0) is 56.2 Å². The molecule has 1 atom stereocenters. The molecule has 2 fully saturated rings. The Bertz CT molecular complexity index is 890. The van der Waals surface area contributed by atoms with Gasteiger partial charge < -0.3 is 19.3 Å². The Morgan fingerprint density at radius 1 is 1.00 bits per heavy atom. The number of amides is 2. The molecular formula is C24H28N2O4. The second-order valence-corrected chi connectivity index (χ2v) is 7.90. The molecule has 2 aliphatic rings. The van der Waals surface area contributed by atoms with Gasteiger partial charge in [-0.1, -0.05) is 17.7 Å². The third-order valence-corrected chi connectivity index (χ3v) is 5.74. The van der Waals surface area contributed by atoms with Crippen LogP contribution in [0, 0.1) is 6.92 Å². The van der Waals surface area contributed by atoms with Crippen LogP contribution < -0.4 is 4.74 Å². The fourth-order valence-electron chi connectivity index (χ4n) is 4.06. The van der Waals surface area contributed by atoms with E-state index in [0.717, 1.165) is 30.5 Å². The van der Waals surface area contributed by atoms with Gasteiger partial charge in [0.25, 0.3) is 11.8 Å². The number of aryl methyl sites for hydroxylation is 1. The minimum absolute atomic E-state index is 0.0237. The maximum atomic E-state index is 12.9. The smallest absolute Gasteiger partial charge is 0.254 e. The van der Waals surface area contributed by atoms with Crippen molar-refractivity contribution in [2.75, 3.05) is 39.5 Å². The van der Waals surface area contributed by atoms with Crippen LogP contribution in [0.25, 0.3) is 0 Å². The number of carbonyl (C=O) groups is 2. The highest BCUT2D eigenvalue weighted by molar-refractivity contribution is 5.95. The van der Waals surface area contributed by atoms with Crippen molar-refractivity contribution in [1.82, 2.24) is 9.80 Å². The van der Waals surface area contributed by atoms with Crippen LogP contribution in [-0.4, -0.2) is 67.1 Å². The second kappa shape index (κ2) is 9.30. The van der Waals surface area contributed by atoms with Crippen LogP contribution in [0.4, 0.5) is 0 Å². The Morgan fingerprint density at radius 3 is 2.50 bits per heavy atom. The number of carbonyl (C=O) groups excluding carboxylic acids is 2. The summed E-state index contributed by atoms with van der Waals surface area (Å²) in [4.78, 5) is 29.2. The Balaban J connectivity index is 1.34. The third kappa shape index (κ3) is 4.65. The number of likely N-dealkylation sites (tertiary alicyclic amines) is 1. The van der Waals surface area contributed by atoms with Gasteiger partial charge in [0, 0.05) is 30.8 Å². The highest BCUT2D eigenvalue weighted by atomic mass is 16.5. The van der Waals surface area contributed by atoms with Gasteiger partial charge in [-0.25, -0.2) is 0 Å². The molecule has 0 radical (unpaired) electrons. The summed E-state index contributed by atoms with van der Waals surface area (Å²) in [5, 5.41) is 0. The van der Waals surface area contributed by atoms with E-state index in [1.165, 1.54) is 0 Å². The average molecular weight is 408 g/mol. The summed E-state index contributed by atoms with van der Waals surface area (Å²) in [5.41, 5.74) is 2.47. The highest BCUT2D eigenvalue weighted by Gasteiger charge is 2.30. The number of hydrogen-bond donors (Lipinski definition) is 0. The molecule has 0 saturated carbocycles. The molecule has 2 aromatic rings. The van der Waals surface area contributed by atoms with Gasteiger partial charge in [0.15, 0.2) is 0 Å². The summed E-state index contributed by atoms with van der Waals surface area (Å²) in [7, 11) is 0. The first-order valence-electron chi connectivity index (χ1n) is 10.6. The van der Waals surface area contributed by atoms with Crippen molar-refractivity contribution in [1.29, 1.82) is 0 Å². The summed E-state index contributed by atoms with van der Waals surface area (Å²) in [6.07, 6.45) is 1.92. The predicted octanol–water partition coefficient (Wildman–Crippen LogP) is 3.15. The van der Waals surface area contributed by atoms with Gasteiger partial charge in [0.2, 0.25) is 0 Å². The Hall–Kier alpha value is -2.86. The number of morpholine rings is 1. The SMILES string of the molecule is Cc1cccc(C(=O)N2CCCC2COc2ccc(C(=O)N3CCOCC3)cc2)c1. The van der Waals surface area contributed by atoms with Crippen molar-refractivity contribution in [2.24, 2.45) is 0 Å². The van der Waals surface area contributed by atoms with Crippen LogP contribution in [0.2, 0.25) is 0 Å². The average Bonchev–Trinajstić information content (AvgIpc) is 3.26. The molecule has 2 saturated heterocycles. The third-order valence-electron chi connectivity index (χ3n) is 5.74. The zero-order valence-corrected chi connectivity index (χ0v) is 17.4. The zero-order valence-electron chi connectivity index (χ0n) is 17.4. The predicted molar refractivity (Wildman–Crippen MR) is 114 cm³/mol. The van der Waals surface area contributed by atoms with Gasteiger partial charge in [-0.2, -0.15) is 0 Å². The molecule has 2 aromatic carbocycles. The molecule has 2 aliphatic heterocycles. The van der Waals surface area contributed by atoms with E-state index in [2.05, 4.69) is 0 Å². The number of rotatable bonds is 5. The standard InChI is InChI=1S/C24H28N2O4/c1-18-4-2-5-20(16-18)24(28)26-11-3-6-21(26)17-30-22-9-7-19(8-10-22)23(27)25-12-14-29-15-13-25/h2,4-5,7-10,16,21H,3,6,11-15,17H2,1H3.